The van der Waals surface area contributed by atoms with Crippen molar-refractivity contribution in [1.82, 2.24) is 15.0 Å². The van der Waals surface area contributed by atoms with Crippen LogP contribution in [0, 0.1) is 16.2 Å². The number of nitrogens with zero attached hydrogens (tertiary/aromatic N) is 1. The molecule has 42 heavy (non-hydrogen) atoms. The molecule has 3 N–H and O–H groups in total. The number of fused-ring (bicyclic) bond motifs is 7. The van der Waals surface area contributed by atoms with Crippen LogP contribution in [-0.2, 0) is 0 Å². The lowest BCUT2D eigenvalue weighted by molar-refractivity contribution is 0.339. The highest BCUT2D eigenvalue weighted by molar-refractivity contribution is 6.05. The van der Waals surface area contributed by atoms with Crippen LogP contribution in [0.3, 0.4) is 0 Å². The molecular formula is C38H46N4. The minimum absolute atomic E-state index is 0.00885. The molecule has 3 unspecified atom stereocenters. The van der Waals surface area contributed by atoms with Gasteiger partial charge in [0.25, 0.3) is 0 Å². The van der Waals surface area contributed by atoms with Crippen molar-refractivity contribution in [2.75, 3.05) is 0 Å². The zero-order valence-corrected chi connectivity index (χ0v) is 26.7. The molecule has 3 atom stereocenters. The van der Waals surface area contributed by atoms with Gasteiger partial charge in [-0.25, -0.2) is 0 Å². The number of hydrogen-bond acceptors (Lipinski definition) is 1. The molecule has 0 saturated carbocycles. The van der Waals surface area contributed by atoms with E-state index >= 15 is 0 Å². The lowest BCUT2D eigenvalue weighted by atomic mass is 9.76. The van der Waals surface area contributed by atoms with E-state index in [0.29, 0.717) is 0 Å². The summed E-state index contributed by atoms with van der Waals surface area (Å²) in [5, 5.41) is 0. The van der Waals surface area contributed by atoms with E-state index in [-0.39, 0.29) is 34.0 Å². The lowest BCUT2D eigenvalue weighted by Gasteiger charge is -2.32. The molecule has 0 amide bonds. The fourth-order valence-corrected chi connectivity index (χ4v) is 7.25. The summed E-state index contributed by atoms with van der Waals surface area (Å²) in [4.78, 5) is 17.1. The maximum Gasteiger partial charge on any atom is 0.0733 e. The largest absolute Gasteiger partial charge is 0.361 e. The van der Waals surface area contributed by atoms with E-state index in [4.69, 9.17) is 4.99 Å². The van der Waals surface area contributed by atoms with E-state index < -0.39 is 0 Å². The summed E-state index contributed by atoms with van der Waals surface area (Å²) in [6.07, 6.45) is 4.43. The van der Waals surface area contributed by atoms with Crippen LogP contribution in [0.2, 0.25) is 0 Å². The predicted octanol–water partition coefficient (Wildman–Crippen LogP) is 9.94. The van der Waals surface area contributed by atoms with Crippen LogP contribution in [-0.4, -0.2) is 20.7 Å². The van der Waals surface area contributed by atoms with Crippen molar-refractivity contribution in [3.63, 3.8) is 0 Å². The number of H-pyrrole nitrogens is 3. The van der Waals surface area contributed by atoms with Gasteiger partial charge >= 0.3 is 0 Å². The molecule has 0 saturated heterocycles. The second-order valence-electron chi connectivity index (χ2n) is 15.5. The Balaban J connectivity index is 1.65. The van der Waals surface area contributed by atoms with Crippen molar-refractivity contribution in [2.45, 2.75) is 80.1 Å². The second-order valence-corrected chi connectivity index (χ2v) is 15.5. The zero-order chi connectivity index (χ0) is 30.0. The topological polar surface area (TPSA) is 59.7 Å². The Morgan fingerprint density at radius 1 is 0.500 bits per heavy atom. The van der Waals surface area contributed by atoms with Crippen molar-refractivity contribution in [1.29, 1.82) is 0 Å². The number of aromatic amines is 3. The first kappa shape index (κ1) is 28.3. The normalized spacial score (nSPS) is 22.9. The Labute approximate surface area is 251 Å². The van der Waals surface area contributed by atoms with Crippen LogP contribution in [0.25, 0.3) is 5.57 Å². The van der Waals surface area contributed by atoms with Crippen molar-refractivity contribution >= 4 is 11.3 Å². The first-order valence-electron chi connectivity index (χ1n) is 15.3. The van der Waals surface area contributed by atoms with Gasteiger partial charge in [-0.2, -0.15) is 0 Å². The monoisotopic (exact) mass is 558 g/mol. The van der Waals surface area contributed by atoms with Crippen LogP contribution in [0.4, 0.5) is 0 Å². The molecule has 0 aliphatic carbocycles. The number of rotatable bonds is 1. The number of aromatic nitrogens is 3. The first-order chi connectivity index (χ1) is 19.7. The van der Waals surface area contributed by atoms with E-state index in [9.17, 15) is 0 Å². The van der Waals surface area contributed by atoms with Gasteiger partial charge in [0.2, 0.25) is 0 Å². The lowest BCUT2D eigenvalue weighted by Crippen LogP contribution is -2.26. The molecule has 218 valence electrons. The maximum absolute atomic E-state index is 5.38. The van der Waals surface area contributed by atoms with Crippen LogP contribution < -0.4 is 0 Å². The summed E-state index contributed by atoms with van der Waals surface area (Å²) in [6, 6.07) is 24.4. The summed E-state index contributed by atoms with van der Waals surface area (Å²) in [5.74, 6) is 0.474. The van der Waals surface area contributed by atoms with E-state index in [0.717, 1.165) is 28.2 Å². The quantitative estimate of drug-likeness (QED) is 0.208. The minimum Gasteiger partial charge on any atom is -0.361 e. The Kier molecular flexibility index (Phi) is 6.68. The SMILES string of the molecule is CC(C)(C)C1C2=N/C(=C(/c3ccccc3)c3ccc([nH]3)C(C(C)(C)C)c3ccc([nH]3)C(C(C)(C)C)c3ccc1[nH]3)C=C2. The number of nitrogens with one attached hydrogen (secondary N) is 3. The Hall–Kier alpha value is -3.79. The van der Waals surface area contributed by atoms with Gasteiger partial charge in [-0.15, -0.1) is 0 Å². The van der Waals surface area contributed by atoms with Crippen molar-refractivity contribution in [2.24, 2.45) is 21.2 Å². The van der Waals surface area contributed by atoms with Crippen molar-refractivity contribution < 1.29 is 0 Å². The van der Waals surface area contributed by atoms with Gasteiger partial charge in [-0.3, -0.25) is 4.99 Å². The smallest absolute Gasteiger partial charge is 0.0733 e. The average Bonchev–Trinajstić information content (AvgIpc) is 3.68. The molecule has 3 aromatic heterocycles. The van der Waals surface area contributed by atoms with Gasteiger partial charge in [-0.05, 0) is 70.4 Å². The zero-order valence-electron chi connectivity index (χ0n) is 26.7. The van der Waals surface area contributed by atoms with Crippen LogP contribution in [0.15, 0.2) is 89.6 Å². The predicted molar refractivity (Wildman–Crippen MR) is 176 cm³/mol. The van der Waals surface area contributed by atoms with Gasteiger partial charge in [0.15, 0.2) is 0 Å². The number of benzene rings is 1. The fraction of sp³-hybridized carbons (Fsp3) is 0.395. The van der Waals surface area contributed by atoms with Crippen LogP contribution in [0.1, 0.15) is 120 Å². The Morgan fingerprint density at radius 3 is 1.45 bits per heavy atom. The number of aliphatic imine (C=N–C) groups is 1. The van der Waals surface area contributed by atoms with Gasteiger partial charge in [-0.1, -0.05) is 92.6 Å². The third kappa shape index (κ3) is 5.06. The van der Waals surface area contributed by atoms with Gasteiger partial charge in [0.05, 0.1) is 11.4 Å². The third-order valence-electron chi connectivity index (χ3n) is 8.87. The molecule has 1 aromatic carbocycles. The summed E-state index contributed by atoms with van der Waals surface area (Å²) in [6.45, 7) is 20.9. The van der Waals surface area contributed by atoms with E-state index in [1.807, 2.05) is 0 Å². The molecule has 4 aromatic rings. The Bertz CT molecular complexity index is 1680. The van der Waals surface area contributed by atoms with Gasteiger partial charge < -0.3 is 15.0 Å². The Morgan fingerprint density at radius 2 is 0.952 bits per heavy atom. The van der Waals surface area contributed by atoms with Crippen molar-refractivity contribution in [3.05, 3.63) is 124 Å². The third-order valence-corrected chi connectivity index (χ3v) is 8.87. The minimum atomic E-state index is -0.0323. The summed E-state index contributed by atoms with van der Waals surface area (Å²) >= 11 is 0. The highest BCUT2D eigenvalue weighted by Gasteiger charge is 2.37. The molecule has 2 aliphatic heterocycles. The highest BCUT2D eigenvalue weighted by atomic mass is 14.9. The molecule has 0 fully saturated rings. The summed E-state index contributed by atoms with van der Waals surface area (Å²) in [7, 11) is 0. The average molecular weight is 559 g/mol. The second kappa shape index (κ2) is 9.90. The van der Waals surface area contributed by atoms with E-state index in [2.05, 4.69) is 156 Å². The maximum atomic E-state index is 5.38. The summed E-state index contributed by atoms with van der Waals surface area (Å²) in [5.41, 5.74) is 11.6. The van der Waals surface area contributed by atoms with Gasteiger partial charge in [0, 0.05) is 57.5 Å². The molecule has 8 bridgehead atoms. The van der Waals surface area contributed by atoms with Crippen molar-refractivity contribution in [3.8, 4) is 0 Å². The highest BCUT2D eigenvalue weighted by Crippen LogP contribution is 2.46. The van der Waals surface area contributed by atoms with Crippen LogP contribution in [0.5, 0.6) is 0 Å². The van der Waals surface area contributed by atoms with E-state index in [1.165, 1.54) is 28.5 Å². The molecule has 0 spiro atoms. The summed E-state index contributed by atoms with van der Waals surface area (Å²) < 4.78 is 0. The van der Waals surface area contributed by atoms with E-state index in [1.54, 1.807) is 0 Å². The molecule has 0 radical (unpaired) electrons. The number of hydrogen-bond donors (Lipinski definition) is 3. The molecule has 4 nitrogen and oxygen atoms in total. The molecule has 6 rings (SSSR count). The molecule has 5 heterocycles. The molecule has 2 aliphatic rings. The fourth-order valence-electron chi connectivity index (χ4n) is 7.25. The first-order valence-corrected chi connectivity index (χ1v) is 15.3. The molecular weight excluding hydrogens is 512 g/mol. The number of allylic oxidation sites excluding steroid dienone is 2. The van der Waals surface area contributed by atoms with Gasteiger partial charge in [0.1, 0.15) is 0 Å². The standard InChI is InChI=1S/C38H46N4/c1-36(2,3)33-26-17-15-24(39-26)32(23-13-11-10-12-14-23)25-16-18-27(40-25)34(37(4,5)6)29-20-22-31(42-29)35(38(7,8)9)30-21-19-28(33)41-30/h10-22,33-35,39,41-42H,1-9H3/b32-25-. The van der Waals surface area contributed by atoms with Crippen LogP contribution >= 0.6 is 0 Å². The molecule has 4 heteroatoms.